The van der Waals surface area contributed by atoms with Gasteiger partial charge in [0.15, 0.2) is 11.5 Å². The first-order valence-electron chi connectivity index (χ1n) is 9.73. The average molecular weight is 407 g/mol. The van der Waals surface area contributed by atoms with Crippen molar-refractivity contribution in [3.05, 3.63) is 72.1 Å². The van der Waals surface area contributed by atoms with Crippen LogP contribution in [0.3, 0.4) is 0 Å². The minimum atomic E-state index is -0.244. The second-order valence-corrected chi connectivity index (χ2v) is 7.00. The Hall–Kier alpha value is -3.61. The molecule has 2 amide bonds. The lowest BCUT2D eigenvalue weighted by Gasteiger charge is -2.37. The average Bonchev–Trinajstić information content (AvgIpc) is 3.27. The fourth-order valence-electron chi connectivity index (χ4n) is 3.85. The van der Waals surface area contributed by atoms with Gasteiger partial charge >= 0.3 is 6.03 Å². The fourth-order valence-corrected chi connectivity index (χ4v) is 3.85. The molecule has 1 aromatic heterocycles. The molecule has 1 atom stereocenters. The Morgan fingerprint density at radius 1 is 0.933 bits per heavy atom. The van der Waals surface area contributed by atoms with Crippen molar-refractivity contribution in [1.82, 2.24) is 9.47 Å². The zero-order chi connectivity index (χ0) is 21.1. The molecule has 156 valence electrons. The summed E-state index contributed by atoms with van der Waals surface area (Å²) >= 11 is 0. The van der Waals surface area contributed by atoms with Crippen LogP contribution < -0.4 is 19.5 Å². The number of carbonyl (C=O) groups is 1. The SMILES string of the molecule is COc1ccc(NC(=O)N2CCn3cccc3C2c2ccc(OC)c(OC)c2)cc1. The van der Waals surface area contributed by atoms with E-state index in [1.54, 1.807) is 21.3 Å². The molecule has 2 aromatic carbocycles. The van der Waals surface area contributed by atoms with E-state index in [-0.39, 0.29) is 12.1 Å². The fraction of sp³-hybridized carbons (Fsp3) is 0.261. The monoisotopic (exact) mass is 407 g/mol. The van der Waals surface area contributed by atoms with Crippen LogP contribution in [-0.2, 0) is 6.54 Å². The molecule has 3 aromatic rings. The third-order valence-electron chi connectivity index (χ3n) is 5.36. The van der Waals surface area contributed by atoms with Gasteiger partial charge in [0.05, 0.1) is 27.4 Å². The Bertz CT molecular complexity index is 1030. The van der Waals surface area contributed by atoms with Gasteiger partial charge < -0.3 is 29.0 Å². The van der Waals surface area contributed by atoms with E-state index in [1.165, 1.54) is 0 Å². The number of nitrogens with one attached hydrogen (secondary N) is 1. The molecule has 0 saturated carbocycles. The van der Waals surface area contributed by atoms with Gasteiger partial charge in [0.2, 0.25) is 0 Å². The van der Waals surface area contributed by atoms with Crippen molar-refractivity contribution in [1.29, 1.82) is 0 Å². The van der Waals surface area contributed by atoms with Gasteiger partial charge in [-0.15, -0.1) is 0 Å². The van der Waals surface area contributed by atoms with Crippen LogP contribution in [0.1, 0.15) is 17.3 Å². The molecule has 0 bridgehead atoms. The topological polar surface area (TPSA) is 65.0 Å². The molecular weight excluding hydrogens is 382 g/mol. The third-order valence-corrected chi connectivity index (χ3v) is 5.36. The number of aromatic nitrogens is 1. The zero-order valence-corrected chi connectivity index (χ0v) is 17.3. The molecule has 0 fully saturated rings. The minimum Gasteiger partial charge on any atom is -0.497 e. The molecule has 2 heterocycles. The molecule has 4 rings (SSSR count). The molecule has 1 unspecified atom stereocenters. The van der Waals surface area contributed by atoms with E-state index in [9.17, 15) is 4.79 Å². The van der Waals surface area contributed by atoms with Gasteiger partial charge in [-0.25, -0.2) is 4.79 Å². The number of nitrogens with zero attached hydrogens (tertiary/aromatic N) is 2. The molecule has 0 radical (unpaired) electrons. The van der Waals surface area contributed by atoms with Crippen molar-refractivity contribution in [2.45, 2.75) is 12.6 Å². The number of methoxy groups -OCH3 is 3. The Morgan fingerprint density at radius 2 is 1.70 bits per heavy atom. The van der Waals surface area contributed by atoms with Crippen LogP contribution in [0.2, 0.25) is 0 Å². The summed E-state index contributed by atoms with van der Waals surface area (Å²) < 4.78 is 18.2. The molecule has 7 heteroatoms. The minimum absolute atomic E-state index is 0.160. The van der Waals surface area contributed by atoms with Gasteiger partial charge in [0, 0.05) is 30.7 Å². The highest BCUT2D eigenvalue weighted by atomic mass is 16.5. The van der Waals surface area contributed by atoms with E-state index in [4.69, 9.17) is 14.2 Å². The highest BCUT2D eigenvalue weighted by Gasteiger charge is 2.32. The van der Waals surface area contributed by atoms with Crippen molar-refractivity contribution in [2.24, 2.45) is 0 Å². The van der Waals surface area contributed by atoms with Gasteiger partial charge in [-0.3, -0.25) is 0 Å². The van der Waals surface area contributed by atoms with Crippen LogP contribution in [-0.4, -0.2) is 43.4 Å². The summed E-state index contributed by atoms with van der Waals surface area (Å²) in [6, 6.07) is 16.7. The first kappa shape index (κ1) is 19.7. The van der Waals surface area contributed by atoms with Crippen molar-refractivity contribution >= 4 is 11.7 Å². The predicted octanol–water partition coefficient (Wildman–Crippen LogP) is 4.15. The van der Waals surface area contributed by atoms with Crippen molar-refractivity contribution < 1.29 is 19.0 Å². The number of urea groups is 1. The van der Waals surface area contributed by atoms with E-state index in [2.05, 4.69) is 9.88 Å². The second-order valence-electron chi connectivity index (χ2n) is 7.00. The number of rotatable bonds is 5. The molecule has 1 N–H and O–H groups in total. The number of fused-ring (bicyclic) bond motifs is 1. The first-order valence-corrected chi connectivity index (χ1v) is 9.73. The van der Waals surface area contributed by atoms with E-state index in [0.29, 0.717) is 23.7 Å². The summed E-state index contributed by atoms with van der Waals surface area (Å²) in [5, 5.41) is 3.00. The summed E-state index contributed by atoms with van der Waals surface area (Å²) in [5.74, 6) is 2.03. The predicted molar refractivity (Wildman–Crippen MR) is 115 cm³/mol. The van der Waals surface area contributed by atoms with Crippen LogP contribution >= 0.6 is 0 Å². The molecule has 0 aliphatic carbocycles. The zero-order valence-electron chi connectivity index (χ0n) is 17.3. The first-order chi connectivity index (χ1) is 14.6. The Kier molecular flexibility index (Phi) is 5.52. The number of benzene rings is 2. The summed E-state index contributed by atoms with van der Waals surface area (Å²) in [4.78, 5) is 15.1. The van der Waals surface area contributed by atoms with Gasteiger partial charge in [-0.2, -0.15) is 0 Å². The standard InChI is InChI=1S/C23H25N3O4/c1-28-18-9-7-17(8-10-18)24-23(27)26-14-13-25-12-4-5-19(25)22(26)16-6-11-20(29-2)21(15-16)30-3/h4-12,15,22H,13-14H2,1-3H3,(H,24,27). The summed E-state index contributed by atoms with van der Waals surface area (Å²) in [5.41, 5.74) is 2.73. The van der Waals surface area contributed by atoms with E-state index >= 15 is 0 Å². The van der Waals surface area contributed by atoms with Gasteiger partial charge in [0.25, 0.3) is 0 Å². The van der Waals surface area contributed by atoms with Crippen molar-refractivity contribution in [3.8, 4) is 17.2 Å². The second kappa shape index (κ2) is 8.41. The number of hydrogen-bond acceptors (Lipinski definition) is 4. The number of hydrogen-bond donors (Lipinski definition) is 1. The Balaban J connectivity index is 1.67. The van der Waals surface area contributed by atoms with E-state index in [0.717, 1.165) is 23.6 Å². The third kappa shape index (κ3) is 3.66. The smallest absolute Gasteiger partial charge is 0.322 e. The van der Waals surface area contributed by atoms with Crippen LogP contribution in [0.25, 0.3) is 0 Å². The van der Waals surface area contributed by atoms with Gasteiger partial charge in [-0.1, -0.05) is 6.07 Å². The number of amides is 2. The molecule has 7 nitrogen and oxygen atoms in total. The van der Waals surface area contributed by atoms with E-state index in [1.807, 2.05) is 65.7 Å². The molecule has 1 aliphatic heterocycles. The van der Waals surface area contributed by atoms with Gasteiger partial charge in [0.1, 0.15) is 5.75 Å². The lowest BCUT2D eigenvalue weighted by atomic mass is 9.99. The van der Waals surface area contributed by atoms with Crippen LogP contribution in [0.4, 0.5) is 10.5 Å². The van der Waals surface area contributed by atoms with Crippen LogP contribution in [0.15, 0.2) is 60.8 Å². The van der Waals surface area contributed by atoms with E-state index < -0.39 is 0 Å². The normalized spacial score (nSPS) is 15.3. The number of carbonyl (C=O) groups excluding carboxylic acids is 1. The van der Waals surface area contributed by atoms with Crippen LogP contribution in [0.5, 0.6) is 17.2 Å². The highest BCUT2D eigenvalue weighted by molar-refractivity contribution is 5.90. The number of anilines is 1. The maximum atomic E-state index is 13.2. The summed E-state index contributed by atoms with van der Waals surface area (Å²) in [7, 11) is 4.83. The van der Waals surface area contributed by atoms with Crippen molar-refractivity contribution in [2.75, 3.05) is 33.2 Å². The molecule has 0 spiro atoms. The Labute approximate surface area is 175 Å². The maximum absolute atomic E-state index is 13.2. The molecule has 30 heavy (non-hydrogen) atoms. The molecular formula is C23H25N3O4. The largest absolute Gasteiger partial charge is 0.497 e. The van der Waals surface area contributed by atoms with Crippen LogP contribution in [0, 0.1) is 0 Å². The summed E-state index contributed by atoms with van der Waals surface area (Å²) in [6.45, 7) is 1.32. The summed E-state index contributed by atoms with van der Waals surface area (Å²) in [6.07, 6.45) is 2.04. The lowest BCUT2D eigenvalue weighted by molar-refractivity contribution is 0.181. The Morgan fingerprint density at radius 3 is 2.40 bits per heavy atom. The maximum Gasteiger partial charge on any atom is 0.322 e. The lowest BCUT2D eigenvalue weighted by Crippen LogP contribution is -2.44. The highest BCUT2D eigenvalue weighted by Crippen LogP contribution is 2.37. The molecule has 0 saturated heterocycles. The van der Waals surface area contributed by atoms with Crippen molar-refractivity contribution in [3.63, 3.8) is 0 Å². The number of ether oxygens (including phenoxy) is 3. The van der Waals surface area contributed by atoms with Gasteiger partial charge in [-0.05, 0) is 54.1 Å². The quantitative estimate of drug-likeness (QED) is 0.690. The molecule has 1 aliphatic rings.